The highest BCUT2D eigenvalue weighted by atomic mass is 32.2. The summed E-state index contributed by atoms with van der Waals surface area (Å²) in [6.07, 6.45) is 2.20. The summed E-state index contributed by atoms with van der Waals surface area (Å²) in [5.74, 6) is -1.22. The zero-order valence-electron chi connectivity index (χ0n) is 17.3. The molecule has 0 saturated carbocycles. The first kappa shape index (κ1) is 22.6. The minimum Gasteiger partial charge on any atom is -0.355 e. The Morgan fingerprint density at radius 3 is 2.47 bits per heavy atom. The molecule has 0 atom stereocenters. The Labute approximate surface area is 177 Å². The molecular weight excluding hydrogens is 411 g/mol. The molecule has 1 N–H and O–H groups in total. The molecule has 2 aliphatic heterocycles. The average Bonchev–Trinajstić information content (AvgIpc) is 3.17. The van der Waals surface area contributed by atoms with E-state index in [2.05, 4.69) is 5.32 Å². The first-order valence-electron chi connectivity index (χ1n) is 10.4. The molecule has 10 heteroatoms. The summed E-state index contributed by atoms with van der Waals surface area (Å²) in [4.78, 5) is 28.0. The van der Waals surface area contributed by atoms with Crippen molar-refractivity contribution in [2.45, 2.75) is 31.1 Å². The Kier molecular flexibility index (Phi) is 7.43. The fourth-order valence-electron chi connectivity index (χ4n) is 3.87. The molecule has 2 aliphatic rings. The van der Waals surface area contributed by atoms with Gasteiger partial charge in [-0.05, 0) is 44.4 Å². The normalized spacial score (nSPS) is 18.9. The van der Waals surface area contributed by atoms with Crippen LogP contribution in [0, 0.1) is 5.82 Å². The van der Waals surface area contributed by atoms with Gasteiger partial charge in [0.25, 0.3) is 5.91 Å². The van der Waals surface area contributed by atoms with E-state index >= 15 is 0 Å². The van der Waals surface area contributed by atoms with Crippen LogP contribution in [-0.2, 0) is 14.8 Å². The highest BCUT2D eigenvalue weighted by Crippen LogP contribution is 2.25. The van der Waals surface area contributed by atoms with Crippen LogP contribution >= 0.6 is 0 Å². The number of hydrogen-bond acceptors (Lipinski definition) is 5. The molecule has 0 aromatic heterocycles. The predicted molar refractivity (Wildman–Crippen MR) is 110 cm³/mol. The molecule has 166 valence electrons. The molecule has 2 heterocycles. The molecule has 0 spiro atoms. The van der Waals surface area contributed by atoms with E-state index in [1.165, 1.54) is 10.4 Å². The molecule has 1 aromatic carbocycles. The largest absolute Gasteiger partial charge is 0.355 e. The van der Waals surface area contributed by atoms with Crippen molar-refractivity contribution < 1.29 is 22.4 Å². The van der Waals surface area contributed by atoms with Crippen molar-refractivity contribution in [1.29, 1.82) is 0 Å². The van der Waals surface area contributed by atoms with Crippen LogP contribution in [0.15, 0.2) is 23.1 Å². The van der Waals surface area contributed by atoms with E-state index in [1.807, 2.05) is 11.8 Å². The van der Waals surface area contributed by atoms with E-state index < -0.39 is 20.7 Å². The smallest absolute Gasteiger partial charge is 0.253 e. The van der Waals surface area contributed by atoms with Crippen LogP contribution < -0.4 is 5.32 Å². The Hall–Kier alpha value is -2.04. The second-order valence-corrected chi connectivity index (χ2v) is 9.54. The number of benzene rings is 1. The minimum atomic E-state index is -3.96. The van der Waals surface area contributed by atoms with Crippen LogP contribution in [-0.4, -0.2) is 86.7 Å². The van der Waals surface area contributed by atoms with Gasteiger partial charge in [0.05, 0.1) is 6.54 Å². The maximum Gasteiger partial charge on any atom is 0.253 e. The summed E-state index contributed by atoms with van der Waals surface area (Å²) in [5, 5.41) is 2.76. The van der Waals surface area contributed by atoms with Gasteiger partial charge in [0.2, 0.25) is 15.9 Å². The number of likely N-dealkylation sites (N-methyl/N-ethyl adjacent to an activating group) is 1. The lowest BCUT2D eigenvalue weighted by molar-refractivity contribution is -0.122. The first-order valence-corrected chi connectivity index (χ1v) is 11.8. The average molecular weight is 441 g/mol. The summed E-state index contributed by atoms with van der Waals surface area (Å²) in [7, 11) is -3.96. The number of sulfonamides is 1. The molecule has 0 radical (unpaired) electrons. The summed E-state index contributed by atoms with van der Waals surface area (Å²) >= 11 is 0. The Balaban J connectivity index is 1.72. The van der Waals surface area contributed by atoms with Gasteiger partial charge in [-0.3, -0.25) is 14.5 Å². The van der Waals surface area contributed by atoms with Gasteiger partial charge < -0.3 is 10.2 Å². The van der Waals surface area contributed by atoms with Crippen LogP contribution in [0.25, 0.3) is 0 Å². The number of nitrogens with zero attached hydrogens (tertiary/aromatic N) is 3. The number of halogens is 1. The zero-order valence-corrected chi connectivity index (χ0v) is 18.1. The molecule has 3 rings (SSSR count). The van der Waals surface area contributed by atoms with Crippen LogP contribution in [0.4, 0.5) is 4.39 Å². The van der Waals surface area contributed by atoms with E-state index in [0.29, 0.717) is 52.2 Å². The van der Waals surface area contributed by atoms with Crippen molar-refractivity contribution in [2.24, 2.45) is 0 Å². The molecule has 2 saturated heterocycles. The number of carbonyl (C=O) groups excluding carboxylic acids is 2. The lowest BCUT2D eigenvalue weighted by Crippen LogP contribution is -2.40. The third kappa shape index (κ3) is 5.16. The standard InChI is InChI=1S/C20H29FN4O4S/c1-2-22-19(26)15-23-8-5-9-24(13-12-23)20(27)16-6-7-17(21)18(14-16)30(28,29)25-10-3-4-11-25/h6-7,14H,2-5,8-13,15H2,1H3,(H,22,26). The number of amides is 2. The summed E-state index contributed by atoms with van der Waals surface area (Å²) in [6, 6.07) is 3.54. The lowest BCUT2D eigenvalue weighted by atomic mass is 10.2. The Morgan fingerprint density at radius 1 is 1.03 bits per heavy atom. The van der Waals surface area contributed by atoms with Crippen molar-refractivity contribution >= 4 is 21.8 Å². The molecule has 0 bridgehead atoms. The SMILES string of the molecule is CCNC(=O)CN1CCCN(C(=O)c2ccc(F)c(S(=O)(=O)N3CCCC3)c2)CC1. The maximum absolute atomic E-state index is 14.3. The maximum atomic E-state index is 14.3. The highest BCUT2D eigenvalue weighted by molar-refractivity contribution is 7.89. The number of nitrogens with one attached hydrogen (secondary N) is 1. The van der Waals surface area contributed by atoms with Crippen molar-refractivity contribution in [3.8, 4) is 0 Å². The second-order valence-electron chi connectivity index (χ2n) is 7.63. The molecular formula is C20H29FN4O4S. The van der Waals surface area contributed by atoms with E-state index in [9.17, 15) is 22.4 Å². The molecule has 0 unspecified atom stereocenters. The summed E-state index contributed by atoms with van der Waals surface area (Å²) in [5.41, 5.74) is 0.159. The van der Waals surface area contributed by atoms with Gasteiger partial charge in [-0.2, -0.15) is 4.31 Å². The highest BCUT2D eigenvalue weighted by Gasteiger charge is 2.31. The van der Waals surface area contributed by atoms with Crippen LogP contribution in [0.2, 0.25) is 0 Å². The Morgan fingerprint density at radius 2 is 1.77 bits per heavy atom. The van der Waals surface area contributed by atoms with Crippen molar-refractivity contribution in [1.82, 2.24) is 19.4 Å². The van der Waals surface area contributed by atoms with Crippen LogP contribution in [0.1, 0.15) is 36.5 Å². The van der Waals surface area contributed by atoms with Crippen LogP contribution in [0.5, 0.6) is 0 Å². The van der Waals surface area contributed by atoms with E-state index in [1.54, 1.807) is 4.90 Å². The molecule has 30 heavy (non-hydrogen) atoms. The zero-order chi connectivity index (χ0) is 21.7. The Bertz CT molecular complexity index is 887. The van der Waals surface area contributed by atoms with Crippen molar-refractivity contribution in [2.75, 3.05) is 52.4 Å². The predicted octanol–water partition coefficient (Wildman–Crippen LogP) is 0.894. The fourth-order valence-corrected chi connectivity index (χ4v) is 5.48. The van der Waals surface area contributed by atoms with Gasteiger partial charge in [0.15, 0.2) is 0 Å². The molecule has 8 nitrogen and oxygen atoms in total. The molecule has 2 amide bonds. The quantitative estimate of drug-likeness (QED) is 0.710. The summed E-state index contributed by atoms with van der Waals surface area (Å²) in [6.45, 7) is 5.61. The third-order valence-corrected chi connectivity index (χ3v) is 7.39. The number of hydrogen-bond donors (Lipinski definition) is 1. The van der Waals surface area contributed by atoms with E-state index in [0.717, 1.165) is 25.0 Å². The second kappa shape index (κ2) is 9.84. The van der Waals surface area contributed by atoms with Gasteiger partial charge in [-0.15, -0.1) is 0 Å². The molecule has 2 fully saturated rings. The van der Waals surface area contributed by atoms with Gasteiger partial charge in [0, 0.05) is 51.4 Å². The van der Waals surface area contributed by atoms with Crippen molar-refractivity contribution in [3.05, 3.63) is 29.6 Å². The summed E-state index contributed by atoms with van der Waals surface area (Å²) < 4.78 is 41.2. The van der Waals surface area contributed by atoms with E-state index in [-0.39, 0.29) is 23.9 Å². The van der Waals surface area contributed by atoms with Gasteiger partial charge in [-0.1, -0.05) is 0 Å². The van der Waals surface area contributed by atoms with Gasteiger partial charge >= 0.3 is 0 Å². The number of carbonyl (C=O) groups is 2. The van der Waals surface area contributed by atoms with E-state index in [4.69, 9.17) is 0 Å². The first-order chi connectivity index (χ1) is 14.3. The van der Waals surface area contributed by atoms with Crippen molar-refractivity contribution in [3.63, 3.8) is 0 Å². The number of rotatable bonds is 6. The monoisotopic (exact) mass is 440 g/mol. The van der Waals surface area contributed by atoms with Gasteiger partial charge in [0.1, 0.15) is 10.7 Å². The fraction of sp³-hybridized carbons (Fsp3) is 0.600. The minimum absolute atomic E-state index is 0.0485. The molecule has 0 aliphatic carbocycles. The topological polar surface area (TPSA) is 90.0 Å². The lowest BCUT2D eigenvalue weighted by Gasteiger charge is -2.22. The third-order valence-electron chi connectivity index (χ3n) is 5.48. The van der Waals surface area contributed by atoms with Gasteiger partial charge in [-0.25, -0.2) is 12.8 Å². The molecule has 1 aromatic rings. The van der Waals surface area contributed by atoms with Crippen LogP contribution in [0.3, 0.4) is 0 Å².